The van der Waals surface area contributed by atoms with Crippen molar-refractivity contribution >= 4 is 0 Å². The number of methoxy groups -OCH3 is 1. The van der Waals surface area contributed by atoms with Gasteiger partial charge in [0.1, 0.15) is 6.61 Å². The topological polar surface area (TPSA) is 39.7 Å². The number of rotatable bonds is 5. The lowest BCUT2D eigenvalue weighted by Gasteiger charge is -2.25. The SMILES string of the molecule is COc1ccc([C@@H]2COCCN2)cc1OCc1ccccc1. The van der Waals surface area contributed by atoms with Crippen molar-refractivity contribution in [2.24, 2.45) is 0 Å². The zero-order valence-electron chi connectivity index (χ0n) is 12.7. The number of hydrogen-bond acceptors (Lipinski definition) is 4. The van der Waals surface area contributed by atoms with Crippen molar-refractivity contribution in [3.05, 3.63) is 59.7 Å². The van der Waals surface area contributed by atoms with E-state index in [9.17, 15) is 0 Å². The van der Waals surface area contributed by atoms with Crippen LogP contribution in [0.5, 0.6) is 11.5 Å². The molecule has 1 atom stereocenters. The van der Waals surface area contributed by atoms with Crippen LogP contribution >= 0.6 is 0 Å². The maximum Gasteiger partial charge on any atom is 0.161 e. The quantitative estimate of drug-likeness (QED) is 0.921. The summed E-state index contributed by atoms with van der Waals surface area (Å²) in [5.41, 5.74) is 2.29. The van der Waals surface area contributed by atoms with Crippen LogP contribution in [0.25, 0.3) is 0 Å². The first-order chi connectivity index (χ1) is 10.9. The van der Waals surface area contributed by atoms with Crippen LogP contribution in [0.4, 0.5) is 0 Å². The summed E-state index contributed by atoms with van der Waals surface area (Å²) in [5.74, 6) is 1.51. The van der Waals surface area contributed by atoms with Gasteiger partial charge in [-0.3, -0.25) is 0 Å². The molecule has 0 aromatic heterocycles. The fourth-order valence-corrected chi connectivity index (χ4v) is 2.54. The van der Waals surface area contributed by atoms with Gasteiger partial charge in [0.05, 0.1) is 26.4 Å². The summed E-state index contributed by atoms with van der Waals surface area (Å²) in [5, 5.41) is 3.45. The Labute approximate surface area is 131 Å². The van der Waals surface area contributed by atoms with Gasteiger partial charge in [0.25, 0.3) is 0 Å². The van der Waals surface area contributed by atoms with Crippen LogP contribution < -0.4 is 14.8 Å². The first-order valence-corrected chi connectivity index (χ1v) is 7.52. The van der Waals surface area contributed by atoms with Gasteiger partial charge < -0.3 is 19.5 Å². The van der Waals surface area contributed by atoms with E-state index in [1.54, 1.807) is 7.11 Å². The van der Waals surface area contributed by atoms with Crippen molar-refractivity contribution in [2.45, 2.75) is 12.6 Å². The molecule has 1 aliphatic heterocycles. The largest absolute Gasteiger partial charge is 0.493 e. The monoisotopic (exact) mass is 299 g/mol. The van der Waals surface area contributed by atoms with E-state index in [0.717, 1.165) is 35.8 Å². The molecule has 0 bridgehead atoms. The van der Waals surface area contributed by atoms with Gasteiger partial charge in [-0.1, -0.05) is 36.4 Å². The average molecular weight is 299 g/mol. The van der Waals surface area contributed by atoms with E-state index in [1.165, 1.54) is 0 Å². The van der Waals surface area contributed by atoms with Crippen molar-refractivity contribution in [2.75, 3.05) is 26.9 Å². The van der Waals surface area contributed by atoms with Crippen molar-refractivity contribution in [3.63, 3.8) is 0 Å². The van der Waals surface area contributed by atoms with Gasteiger partial charge in [0, 0.05) is 6.54 Å². The minimum absolute atomic E-state index is 0.207. The average Bonchev–Trinajstić information content (AvgIpc) is 2.61. The Morgan fingerprint density at radius 2 is 2.00 bits per heavy atom. The second kappa shape index (κ2) is 7.29. The number of ether oxygens (including phenoxy) is 3. The smallest absolute Gasteiger partial charge is 0.161 e. The standard InChI is InChI=1S/C18H21NO3/c1-20-17-8-7-15(16-13-21-10-9-19-16)11-18(17)22-12-14-5-3-2-4-6-14/h2-8,11,16,19H,9-10,12-13H2,1H3/t16-/m0/s1. The summed E-state index contributed by atoms with van der Waals surface area (Å²) in [6, 6.07) is 16.4. The lowest BCUT2D eigenvalue weighted by molar-refractivity contribution is 0.0767. The van der Waals surface area contributed by atoms with Gasteiger partial charge in [0.2, 0.25) is 0 Å². The molecule has 4 nitrogen and oxygen atoms in total. The Hall–Kier alpha value is -2.04. The Balaban J connectivity index is 1.75. The van der Waals surface area contributed by atoms with Crippen LogP contribution in [-0.4, -0.2) is 26.9 Å². The van der Waals surface area contributed by atoms with E-state index >= 15 is 0 Å². The van der Waals surface area contributed by atoms with E-state index in [0.29, 0.717) is 13.2 Å². The third-order valence-electron chi connectivity index (χ3n) is 3.75. The molecule has 3 rings (SSSR count). The molecule has 2 aromatic rings. The lowest BCUT2D eigenvalue weighted by Crippen LogP contribution is -2.34. The first-order valence-electron chi connectivity index (χ1n) is 7.52. The molecule has 2 aromatic carbocycles. The number of morpholine rings is 1. The predicted octanol–water partition coefficient (Wildman–Crippen LogP) is 2.94. The Morgan fingerprint density at radius 3 is 2.73 bits per heavy atom. The van der Waals surface area contributed by atoms with Gasteiger partial charge >= 0.3 is 0 Å². The van der Waals surface area contributed by atoms with Crippen LogP contribution in [0, 0.1) is 0 Å². The molecule has 1 heterocycles. The van der Waals surface area contributed by atoms with E-state index < -0.39 is 0 Å². The molecule has 0 saturated carbocycles. The molecule has 22 heavy (non-hydrogen) atoms. The van der Waals surface area contributed by atoms with Gasteiger partial charge in [0.15, 0.2) is 11.5 Å². The molecular formula is C18H21NO3. The molecule has 1 fully saturated rings. The highest BCUT2D eigenvalue weighted by Gasteiger charge is 2.17. The summed E-state index contributed by atoms with van der Waals surface area (Å²) in [6.07, 6.45) is 0. The highest BCUT2D eigenvalue weighted by atomic mass is 16.5. The lowest BCUT2D eigenvalue weighted by atomic mass is 10.1. The van der Waals surface area contributed by atoms with E-state index in [2.05, 4.69) is 11.4 Å². The molecule has 4 heteroatoms. The third kappa shape index (κ3) is 3.59. The molecular weight excluding hydrogens is 278 g/mol. The normalized spacial score (nSPS) is 18.0. The molecule has 0 aliphatic carbocycles. The molecule has 0 amide bonds. The number of benzene rings is 2. The summed E-state index contributed by atoms with van der Waals surface area (Å²) in [7, 11) is 1.66. The fraction of sp³-hybridized carbons (Fsp3) is 0.333. The van der Waals surface area contributed by atoms with Gasteiger partial charge in [-0.2, -0.15) is 0 Å². The zero-order chi connectivity index (χ0) is 15.2. The minimum atomic E-state index is 0.207. The van der Waals surface area contributed by atoms with Crippen molar-refractivity contribution < 1.29 is 14.2 Å². The summed E-state index contributed by atoms with van der Waals surface area (Å²) in [6.45, 7) is 2.85. The van der Waals surface area contributed by atoms with Crippen molar-refractivity contribution in [1.29, 1.82) is 0 Å². The maximum absolute atomic E-state index is 5.95. The minimum Gasteiger partial charge on any atom is -0.493 e. The third-order valence-corrected chi connectivity index (χ3v) is 3.75. The summed E-state index contributed by atoms with van der Waals surface area (Å²) >= 11 is 0. The summed E-state index contributed by atoms with van der Waals surface area (Å²) in [4.78, 5) is 0. The Kier molecular flexibility index (Phi) is 4.93. The molecule has 0 spiro atoms. The fourth-order valence-electron chi connectivity index (χ4n) is 2.54. The zero-order valence-corrected chi connectivity index (χ0v) is 12.7. The van der Waals surface area contributed by atoms with Crippen molar-refractivity contribution in [1.82, 2.24) is 5.32 Å². The van der Waals surface area contributed by atoms with E-state index in [4.69, 9.17) is 14.2 Å². The second-order valence-electron chi connectivity index (χ2n) is 5.27. The molecule has 116 valence electrons. The summed E-state index contributed by atoms with van der Waals surface area (Å²) < 4.78 is 16.9. The Morgan fingerprint density at radius 1 is 1.14 bits per heavy atom. The molecule has 0 radical (unpaired) electrons. The van der Waals surface area contributed by atoms with Crippen molar-refractivity contribution in [3.8, 4) is 11.5 Å². The van der Waals surface area contributed by atoms with Gasteiger partial charge in [-0.05, 0) is 23.3 Å². The number of nitrogens with one attached hydrogen (secondary N) is 1. The van der Waals surface area contributed by atoms with Crippen LogP contribution in [0.3, 0.4) is 0 Å². The van der Waals surface area contributed by atoms with Gasteiger partial charge in [-0.25, -0.2) is 0 Å². The van der Waals surface area contributed by atoms with E-state index in [-0.39, 0.29) is 6.04 Å². The van der Waals surface area contributed by atoms with E-state index in [1.807, 2.05) is 42.5 Å². The Bertz CT molecular complexity index is 595. The molecule has 1 N–H and O–H groups in total. The van der Waals surface area contributed by atoms with Gasteiger partial charge in [-0.15, -0.1) is 0 Å². The van der Waals surface area contributed by atoms with Crippen LogP contribution in [0.2, 0.25) is 0 Å². The highest BCUT2D eigenvalue weighted by Crippen LogP contribution is 2.31. The number of hydrogen-bond donors (Lipinski definition) is 1. The van der Waals surface area contributed by atoms with Crippen LogP contribution in [0.15, 0.2) is 48.5 Å². The molecule has 1 aliphatic rings. The molecule has 0 unspecified atom stereocenters. The highest BCUT2D eigenvalue weighted by molar-refractivity contribution is 5.44. The second-order valence-corrected chi connectivity index (χ2v) is 5.27. The maximum atomic E-state index is 5.95. The van der Waals surface area contributed by atoms with Crippen LogP contribution in [0.1, 0.15) is 17.2 Å². The predicted molar refractivity (Wildman–Crippen MR) is 85.3 cm³/mol. The molecule has 1 saturated heterocycles. The first kappa shape index (κ1) is 14.9. The van der Waals surface area contributed by atoms with Crippen LogP contribution in [-0.2, 0) is 11.3 Å².